The largest absolute Gasteiger partial charge is 0.481 e. The van der Waals surface area contributed by atoms with E-state index in [4.69, 9.17) is 5.73 Å². The van der Waals surface area contributed by atoms with E-state index in [0.29, 0.717) is 37.8 Å². The highest BCUT2D eigenvalue weighted by atomic mass is 16.4. The number of carbonyl (C=O) groups excluding carboxylic acids is 3. The van der Waals surface area contributed by atoms with E-state index in [1.165, 1.54) is 70.6 Å². The standard InChI is InChI=1S/C40H65N5O7/c1-2-3-4-5-6-7-8-9-10-11-12-13-14-15-16-24-36(46)43-33(23-19-20-27-41)38(49)44-34(25-26-37(47)48)39(50)45-35(40(51)52)28-30-29-42-32-22-18-17-21-31(30)32/h17-18,21-22,29,33-35,42H,2-16,19-20,23-28,41H2,1H3,(H,43,46)(H,44,49)(H,45,50)(H,47,48)(H,51,52)/t33-,34-,35-/m0/s1. The second-order valence-corrected chi connectivity index (χ2v) is 14.1. The Morgan fingerprint density at radius 1 is 0.654 bits per heavy atom. The number of fused-ring (bicyclic) bond motifs is 1. The second-order valence-electron chi connectivity index (χ2n) is 14.1. The highest BCUT2D eigenvalue weighted by Crippen LogP contribution is 2.20. The third kappa shape index (κ3) is 18.5. The number of carbonyl (C=O) groups is 5. The van der Waals surface area contributed by atoms with Crippen LogP contribution in [0, 0.1) is 0 Å². The number of aliphatic carboxylic acids is 2. The van der Waals surface area contributed by atoms with Gasteiger partial charge in [0, 0.05) is 36.4 Å². The van der Waals surface area contributed by atoms with Gasteiger partial charge >= 0.3 is 11.9 Å². The number of amides is 3. The number of hydrogen-bond acceptors (Lipinski definition) is 6. The Morgan fingerprint density at radius 3 is 1.75 bits per heavy atom. The Morgan fingerprint density at radius 2 is 1.19 bits per heavy atom. The van der Waals surface area contributed by atoms with Gasteiger partial charge in [0.15, 0.2) is 0 Å². The number of nitrogens with two attached hydrogens (primary N) is 1. The van der Waals surface area contributed by atoms with Gasteiger partial charge in [0.2, 0.25) is 17.7 Å². The van der Waals surface area contributed by atoms with Crippen molar-refractivity contribution in [3.05, 3.63) is 36.0 Å². The lowest BCUT2D eigenvalue weighted by Gasteiger charge is -2.24. The van der Waals surface area contributed by atoms with Gasteiger partial charge in [-0.1, -0.05) is 115 Å². The van der Waals surface area contributed by atoms with Gasteiger partial charge in [0.1, 0.15) is 18.1 Å². The van der Waals surface area contributed by atoms with E-state index >= 15 is 0 Å². The van der Waals surface area contributed by atoms with E-state index in [9.17, 15) is 34.2 Å². The zero-order valence-corrected chi connectivity index (χ0v) is 31.4. The van der Waals surface area contributed by atoms with Crippen LogP contribution in [-0.2, 0) is 30.4 Å². The molecule has 0 fully saturated rings. The van der Waals surface area contributed by atoms with Gasteiger partial charge in [-0.3, -0.25) is 19.2 Å². The van der Waals surface area contributed by atoms with Gasteiger partial charge in [0.05, 0.1) is 0 Å². The fraction of sp³-hybridized carbons (Fsp3) is 0.675. The van der Waals surface area contributed by atoms with Crippen molar-refractivity contribution in [2.45, 2.75) is 166 Å². The van der Waals surface area contributed by atoms with Crippen LogP contribution in [0.4, 0.5) is 0 Å². The lowest BCUT2D eigenvalue weighted by atomic mass is 10.0. The fourth-order valence-electron chi connectivity index (χ4n) is 6.49. The number of unbranched alkanes of at least 4 members (excludes halogenated alkanes) is 15. The molecule has 0 unspecified atom stereocenters. The molecule has 0 bridgehead atoms. The molecule has 12 heteroatoms. The first-order valence-corrected chi connectivity index (χ1v) is 19.8. The Labute approximate surface area is 309 Å². The summed E-state index contributed by atoms with van der Waals surface area (Å²) in [4.78, 5) is 66.4. The molecule has 1 heterocycles. The minimum absolute atomic E-state index is 0.0260. The highest BCUT2D eigenvalue weighted by molar-refractivity contribution is 5.94. The first-order chi connectivity index (χ1) is 25.2. The van der Waals surface area contributed by atoms with Crippen molar-refractivity contribution in [2.24, 2.45) is 5.73 Å². The van der Waals surface area contributed by atoms with E-state index < -0.39 is 48.3 Å². The average Bonchev–Trinajstić information content (AvgIpc) is 3.53. The molecule has 0 aliphatic carbocycles. The predicted molar refractivity (Wildman–Crippen MR) is 205 cm³/mol. The molecule has 2 aromatic rings. The molecule has 0 aliphatic rings. The fourth-order valence-corrected chi connectivity index (χ4v) is 6.49. The Balaban J connectivity index is 1.85. The van der Waals surface area contributed by atoms with Crippen LogP contribution in [0.3, 0.4) is 0 Å². The monoisotopic (exact) mass is 727 g/mol. The molecule has 2 rings (SSSR count). The van der Waals surface area contributed by atoms with Crippen LogP contribution in [-0.4, -0.2) is 69.5 Å². The maximum absolute atomic E-state index is 13.5. The van der Waals surface area contributed by atoms with Crippen molar-refractivity contribution < 1.29 is 34.2 Å². The topological polar surface area (TPSA) is 204 Å². The van der Waals surface area contributed by atoms with Crippen molar-refractivity contribution in [1.82, 2.24) is 20.9 Å². The molecule has 292 valence electrons. The van der Waals surface area contributed by atoms with E-state index in [-0.39, 0.29) is 25.2 Å². The number of benzene rings is 1. The smallest absolute Gasteiger partial charge is 0.326 e. The van der Waals surface area contributed by atoms with Crippen molar-refractivity contribution in [3.8, 4) is 0 Å². The number of para-hydroxylation sites is 1. The molecular weight excluding hydrogens is 662 g/mol. The predicted octanol–water partition coefficient (Wildman–Crippen LogP) is 6.50. The van der Waals surface area contributed by atoms with Crippen LogP contribution in [0.25, 0.3) is 10.9 Å². The summed E-state index contributed by atoms with van der Waals surface area (Å²) < 4.78 is 0. The number of carboxylic acid groups (broad SMARTS) is 2. The molecule has 0 spiro atoms. The zero-order valence-electron chi connectivity index (χ0n) is 31.4. The summed E-state index contributed by atoms with van der Waals surface area (Å²) in [5, 5.41) is 27.9. The first kappa shape index (κ1) is 44.2. The van der Waals surface area contributed by atoms with Gasteiger partial charge in [0.25, 0.3) is 0 Å². The molecule has 1 aromatic carbocycles. The summed E-state index contributed by atoms with van der Waals surface area (Å²) in [6.07, 6.45) is 21.1. The number of carboxylic acids is 2. The van der Waals surface area contributed by atoms with Crippen molar-refractivity contribution in [3.63, 3.8) is 0 Å². The highest BCUT2D eigenvalue weighted by Gasteiger charge is 2.30. The Bertz CT molecular complexity index is 1350. The Hall–Kier alpha value is -3.93. The number of H-pyrrole nitrogens is 1. The van der Waals surface area contributed by atoms with Crippen LogP contribution >= 0.6 is 0 Å². The van der Waals surface area contributed by atoms with Gasteiger partial charge in [-0.05, 0) is 50.3 Å². The maximum atomic E-state index is 13.5. The molecule has 0 saturated heterocycles. The molecule has 3 amide bonds. The van der Waals surface area contributed by atoms with E-state index in [2.05, 4.69) is 27.9 Å². The van der Waals surface area contributed by atoms with Crippen molar-refractivity contribution >= 4 is 40.6 Å². The summed E-state index contributed by atoms with van der Waals surface area (Å²) in [5.74, 6) is -4.15. The molecule has 3 atom stereocenters. The van der Waals surface area contributed by atoms with Crippen LogP contribution in [0.1, 0.15) is 147 Å². The molecule has 1 aromatic heterocycles. The Kier molecular flexibility index (Phi) is 22.8. The van der Waals surface area contributed by atoms with E-state index in [0.717, 1.165) is 30.2 Å². The summed E-state index contributed by atoms with van der Waals surface area (Å²) in [7, 11) is 0. The molecule has 0 aliphatic heterocycles. The molecule has 8 N–H and O–H groups in total. The lowest BCUT2D eigenvalue weighted by Crippen LogP contribution is -2.56. The number of nitrogens with one attached hydrogen (secondary N) is 4. The molecule has 52 heavy (non-hydrogen) atoms. The summed E-state index contributed by atoms with van der Waals surface area (Å²) >= 11 is 0. The first-order valence-electron chi connectivity index (χ1n) is 19.8. The van der Waals surface area contributed by atoms with Crippen molar-refractivity contribution in [1.29, 1.82) is 0 Å². The maximum Gasteiger partial charge on any atom is 0.326 e. The summed E-state index contributed by atoms with van der Waals surface area (Å²) in [6.45, 7) is 2.66. The average molecular weight is 728 g/mol. The minimum Gasteiger partial charge on any atom is -0.481 e. The molecule has 0 saturated carbocycles. The summed E-state index contributed by atoms with van der Waals surface area (Å²) in [5.41, 5.74) is 7.16. The van der Waals surface area contributed by atoms with Gasteiger partial charge < -0.3 is 36.9 Å². The number of hydrogen-bond donors (Lipinski definition) is 7. The van der Waals surface area contributed by atoms with Crippen LogP contribution in [0.5, 0.6) is 0 Å². The quantitative estimate of drug-likeness (QED) is 0.0426. The van der Waals surface area contributed by atoms with Gasteiger partial charge in [-0.15, -0.1) is 0 Å². The SMILES string of the molecule is CCCCCCCCCCCCCCCCCC(=O)N[C@@H](CCCCN)C(=O)N[C@@H](CCC(=O)O)C(=O)N[C@@H](Cc1c[nH]c2ccccc12)C(=O)O. The minimum atomic E-state index is -1.33. The van der Waals surface area contributed by atoms with Crippen LogP contribution in [0.2, 0.25) is 0 Å². The number of aromatic nitrogens is 1. The zero-order chi connectivity index (χ0) is 38.0. The number of rotatable bonds is 31. The van der Waals surface area contributed by atoms with Crippen LogP contribution < -0.4 is 21.7 Å². The second kappa shape index (κ2) is 26.8. The normalized spacial score (nSPS) is 13.0. The van der Waals surface area contributed by atoms with Gasteiger partial charge in [-0.2, -0.15) is 0 Å². The van der Waals surface area contributed by atoms with E-state index in [1.54, 1.807) is 6.20 Å². The summed E-state index contributed by atoms with van der Waals surface area (Å²) in [6, 6.07) is 3.78. The third-order valence-corrected chi connectivity index (χ3v) is 9.60. The molecular formula is C40H65N5O7. The third-order valence-electron chi connectivity index (χ3n) is 9.60. The van der Waals surface area contributed by atoms with Crippen LogP contribution in [0.15, 0.2) is 30.5 Å². The molecule has 0 radical (unpaired) electrons. The van der Waals surface area contributed by atoms with Crippen molar-refractivity contribution in [2.75, 3.05) is 6.54 Å². The lowest BCUT2D eigenvalue weighted by molar-refractivity contribution is -0.143. The van der Waals surface area contributed by atoms with Gasteiger partial charge in [-0.25, -0.2) is 4.79 Å². The molecule has 12 nitrogen and oxygen atoms in total. The number of aromatic amines is 1. The van der Waals surface area contributed by atoms with E-state index in [1.807, 2.05) is 24.3 Å².